The van der Waals surface area contributed by atoms with Crippen LogP contribution in [0.2, 0.25) is 0 Å². The third-order valence-corrected chi connectivity index (χ3v) is 4.90. The van der Waals surface area contributed by atoms with Gasteiger partial charge in [0, 0.05) is 24.6 Å². The Balaban J connectivity index is 1.39. The van der Waals surface area contributed by atoms with Gasteiger partial charge in [-0.05, 0) is 48.7 Å². The monoisotopic (exact) mass is 351 g/mol. The number of fused-ring (bicyclic) bond motifs is 1. The summed E-state index contributed by atoms with van der Waals surface area (Å²) in [4.78, 5) is 27.8. The van der Waals surface area contributed by atoms with E-state index < -0.39 is 6.04 Å². The Morgan fingerprint density at radius 1 is 1.38 bits per heavy atom. The van der Waals surface area contributed by atoms with Crippen molar-refractivity contribution < 1.29 is 14.3 Å². The molecule has 0 bridgehead atoms. The number of hydrogen-bond acceptors (Lipinski definition) is 4. The number of hydrogen-bond donors (Lipinski definition) is 2. The number of nitrogens with zero attached hydrogens (tertiary/aromatic N) is 1. The minimum Gasteiger partial charge on any atom is -0.488 e. The van der Waals surface area contributed by atoms with Crippen LogP contribution >= 0.6 is 0 Å². The molecular formula is C20H21N3O3. The summed E-state index contributed by atoms with van der Waals surface area (Å²) in [5.74, 6) is 0.656. The van der Waals surface area contributed by atoms with Gasteiger partial charge >= 0.3 is 0 Å². The van der Waals surface area contributed by atoms with Crippen LogP contribution in [-0.4, -0.2) is 35.5 Å². The Kier molecular flexibility index (Phi) is 4.32. The van der Waals surface area contributed by atoms with E-state index in [1.54, 1.807) is 6.20 Å². The van der Waals surface area contributed by atoms with E-state index in [2.05, 4.69) is 21.7 Å². The van der Waals surface area contributed by atoms with Crippen molar-refractivity contribution in [2.24, 2.45) is 0 Å². The van der Waals surface area contributed by atoms with Crippen LogP contribution in [0.4, 0.5) is 0 Å². The molecule has 26 heavy (non-hydrogen) atoms. The van der Waals surface area contributed by atoms with Gasteiger partial charge in [0.25, 0.3) is 0 Å². The molecule has 2 amide bonds. The van der Waals surface area contributed by atoms with Gasteiger partial charge in [-0.3, -0.25) is 14.6 Å². The number of ether oxygens (including phenoxy) is 1. The standard InChI is InChI=1S/C20H21N3O3/c1-12-3-2-8-21-19(12)13-4-6-17-14(9-13)10-15(26-17)11-22-20(25)16-5-7-18(24)23-16/h2-4,6,8-9,15-16H,5,7,10-11H2,1H3,(H,22,25)(H,23,24)/t15?,16-/m0/s1. The molecule has 2 N–H and O–H groups in total. The molecule has 0 saturated carbocycles. The predicted octanol–water partition coefficient (Wildman–Crippen LogP) is 1.76. The van der Waals surface area contributed by atoms with E-state index in [0.717, 1.165) is 34.6 Å². The first-order valence-corrected chi connectivity index (χ1v) is 8.89. The fourth-order valence-electron chi connectivity index (χ4n) is 3.52. The van der Waals surface area contributed by atoms with Gasteiger partial charge in [-0.15, -0.1) is 0 Å². The molecule has 6 heteroatoms. The zero-order chi connectivity index (χ0) is 18.1. The van der Waals surface area contributed by atoms with Crippen molar-refractivity contribution in [3.05, 3.63) is 47.7 Å². The lowest BCUT2D eigenvalue weighted by Crippen LogP contribution is -2.44. The van der Waals surface area contributed by atoms with Gasteiger partial charge in [-0.1, -0.05) is 6.07 Å². The Morgan fingerprint density at radius 2 is 2.27 bits per heavy atom. The van der Waals surface area contributed by atoms with E-state index >= 15 is 0 Å². The first-order valence-electron chi connectivity index (χ1n) is 8.89. The molecule has 2 atom stereocenters. The van der Waals surface area contributed by atoms with Crippen molar-refractivity contribution in [2.75, 3.05) is 6.54 Å². The van der Waals surface area contributed by atoms with Crippen LogP contribution in [0, 0.1) is 6.92 Å². The van der Waals surface area contributed by atoms with Gasteiger partial charge in [0.2, 0.25) is 11.8 Å². The Labute approximate surface area is 152 Å². The maximum Gasteiger partial charge on any atom is 0.242 e. The third kappa shape index (κ3) is 3.27. The molecule has 2 aliphatic heterocycles. The fourth-order valence-corrected chi connectivity index (χ4v) is 3.52. The van der Waals surface area contributed by atoms with Gasteiger partial charge in [0.15, 0.2) is 0 Å². The van der Waals surface area contributed by atoms with Crippen LogP contribution < -0.4 is 15.4 Å². The number of nitrogens with one attached hydrogen (secondary N) is 2. The van der Waals surface area contributed by atoms with Crippen molar-refractivity contribution in [3.63, 3.8) is 0 Å². The van der Waals surface area contributed by atoms with Crippen LogP contribution in [0.1, 0.15) is 24.0 Å². The summed E-state index contributed by atoms with van der Waals surface area (Å²) < 4.78 is 5.94. The highest BCUT2D eigenvalue weighted by molar-refractivity contribution is 5.90. The second kappa shape index (κ2) is 6.78. The first-order chi connectivity index (χ1) is 12.6. The van der Waals surface area contributed by atoms with E-state index in [1.807, 2.05) is 31.2 Å². The number of pyridine rings is 1. The SMILES string of the molecule is Cc1cccnc1-c1ccc2c(c1)CC(CNC(=O)[C@@H]1CCC(=O)N1)O2. The van der Waals surface area contributed by atoms with Crippen molar-refractivity contribution in [1.82, 2.24) is 15.6 Å². The molecule has 1 aromatic carbocycles. The Hall–Kier alpha value is -2.89. The van der Waals surface area contributed by atoms with E-state index in [-0.39, 0.29) is 17.9 Å². The Morgan fingerprint density at radius 3 is 3.04 bits per heavy atom. The van der Waals surface area contributed by atoms with Crippen LogP contribution in [-0.2, 0) is 16.0 Å². The molecule has 2 aliphatic rings. The summed E-state index contributed by atoms with van der Waals surface area (Å²) >= 11 is 0. The largest absolute Gasteiger partial charge is 0.488 e. The summed E-state index contributed by atoms with van der Waals surface area (Å²) in [6.07, 6.45) is 3.42. The fraction of sp³-hybridized carbons (Fsp3) is 0.350. The number of aromatic nitrogens is 1. The molecule has 4 rings (SSSR count). The molecule has 0 radical (unpaired) electrons. The highest BCUT2D eigenvalue weighted by Crippen LogP contribution is 2.33. The molecule has 1 saturated heterocycles. The first kappa shape index (κ1) is 16.6. The summed E-state index contributed by atoms with van der Waals surface area (Å²) in [5, 5.41) is 5.56. The maximum absolute atomic E-state index is 12.1. The zero-order valence-electron chi connectivity index (χ0n) is 14.6. The molecular weight excluding hydrogens is 330 g/mol. The summed E-state index contributed by atoms with van der Waals surface area (Å²) in [6.45, 7) is 2.48. The second-order valence-corrected chi connectivity index (χ2v) is 6.84. The summed E-state index contributed by atoms with van der Waals surface area (Å²) in [5.41, 5.74) is 4.31. The van der Waals surface area contributed by atoms with Gasteiger partial charge in [0.1, 0.15) is 17.9 Å². The van der Waals surface area contributed by atoms with Gasteiger partial charge in [-0.2, -0.15) is 0 Å². The van der Waals surface area contributed by atoms with Crippen LogP contribution in [0.3, 0.4) is 0 Å². The topological polar surface area (TPSA) is 80.3 Å². The number of rotatable bonds is 4. The highest BCUT2D eigenvalue weighted by atomic mass is 16.5. The lowest BCUT2D eigenvalue weighted by atomic mass is 10.0. The van der Waals surface area contributed by atoms with Crippen molar-refractivity contribution >= 4 is 11.8 Å². The highest BCUT2D eigenvalue weighted by Gasteiger charge is 2.29. The van der Waals surface area contributed by atoms with Crippen LogP contribution in [0.15, 0.2) is 36.5 Å². The lowest BCUT2D eigenvalue weighted by Gasteiger charge is -2.14. The summed E-state index contributed by atoms with van der Waals surface area (Å²) in [6, 6.07) is 9.67. The summed E-state index contributed by atoms with van der Waals surface area (Å²) in [7, 11) is 0. The van der Waals surface area contributed by atoms with Crippen molar-refractivity contribution in [1.29, 1.82) is 0 Å². The average molecular weight is 351 g/mol. The molecule has 6 nitrogen and oxygen atoms in total. The molecule has 134 valence electrons. The van der Waals surface area contributed by atoms with Crippen molar-refractivity contribution in [2.45, 2.75) is 38.3 Å². The molecule has 1 fully saturated rings. The maximum atomic E-state index is 12.1. The molecule has 0 aliphatic carbocycles. The molecule has 1 unspecified atom stereocenters. The number of aryl methyl sites for hydroxylation is 1. The molecule has 2 aromatic rings. The predicted molar refractivity (Wildman–Crippen MR) is 96.7 cm³/mol. The smallest absolute Gasteiger partial charge is 0.242 e. The van der Waals surface area contributed by atoms with Crippen LogP contribution in [0.25, 0.3) is 11.3 Å². The third-order valence-electron chi connectivity index (χ3n) is 4.90. The number of carbonyl (C=O) groups excluding carboxylic acids is 2. The molecule has 1 aromatic heterocycles. The zero-order valence-corrected chi connectivity index (χ0v) is 14.6. The van der Waals surface area contributed by atoms with E-state index in [0.29, 0.717) is 19.4 Å². The van der Waals surface area contributed by atoms with Crippen molar-refractivity contribution in [3.8, 4) is 17.0 Å². The van der Waals surface area contributed by atoms with Crippen LogP contribution in [0.5, 0.6) is 5.75 Å². The van der Waals surface area contributed by atoms with Gasteiger partial charge in [0.05, 0.1) is 12.2 Å². The van der Waals surface area contributed by atoms with Gasteiger partial charge < -0.3 is 15.4 Å². The minimum absolute atomic E-state index is 0.0629. The minimum atomic E-state index is -0.412. The number of carbonyl (C=O) groups is 2. The van der Waals surface area contributed by atoms with Gasteiger partial charge in [-0.25, -0.2) is 0 Å². The molecule has 0 spiro atoms. The average Bonchev–Trinajstić information content (AvgIpc) is 3.25. The van der Waals surface area contributed by atoms with E-state index in [9.17, 15) is 9.59 Å². The quantitative estimate of drug-likeness (QED) is 0.880. The number of benzene rings is 1. The number of amides is 2. The Bertz CT molecular complexity index is 865. The van der Waals surface area contributed by atoms with E-state index in [4.69, 9.17) is 4.74 Å². The van der Waals surface area contributed by atoms with E-state index in [1.165, 1.54) is 0 Å². The normalized spacial score (nSPS) is 21.0. The lowest BCUT2D eigenvalue weighted by molar-refractivity contribution is -0.126. The molecule has 3 heterocycles. The second-order valence-electron chi connectivity index (χ2n) is 6.84.